The van der Waals surface area contributed by atoms with Crippen LogP contribution in [0.3, 0.4) is 0 Å². The summed E-state index contributed by atoms with van der Waals surface area (Å²) in [5.74, 6) is 2.60. The summed E-state index contributed by atoms with van der Waals surface area (Å²) >= 11 is 5.74. The molecule has 0 heterocycles. The van der Waals surface area contributed by atoms with Gasteiger partial charge in [0.2, 0.25) is 0 Å². The van der Waals surface area contributed by atoms with Crippen LogP contribution in [0.4, 0.5) is 5.69 Å². The van der Waals surface area contributed by atoms with Gasteiger partial charge in [-0.2, -0.15) is 0 Å². The van der Waals surface area contributed by atoms with Crippen LogP contribution in [0.5, 0.6) is 0 Å². The number of unbranched alkanes of at least 4 members (excludes halogenated alkanes) is 1. The molecule has 0 spiro atoms. The van der Waals surface area contributed by atoms with Crippen LogP contribution in [-0.4, -0.2) is 6.54 Å². The second-order valence-corrected chi connectivity index (χ2v) is 3.18. The highest BCUT2D eigenvalue weighted by molar-refractivity contribution is 6.30. The van der Waals surface area contributed by atoms with Crippen LogP contribution in [0.1, 0.15) is 12.8 Å². The van der Waals surface area contributed by atoms with Crippen molar-refractivity contribution < 1.29 is 0 Å². The molecule has 0 aromatic heterocycles. The zero-order valence-electron chi connectivity index (χ0n) is 7.39. The Bertz CT molecular complexity index is 284. The van der Waals surface area contributed by atoms with Gasteiger partial charge in [-0.25, -0.2) is 0 Å². The SMILES string of the molecule is C#CCCCNc1ccc(Cl)cc1. The molecular formula is C11H12ClN. The third kappa shape index (κ3) is 3.87. The molecule has 0 aliphatic rings. The van der Waals surface area contributed by atoms with Crippen LogP contribution in [0, 0.1) is 12.3 Å². The first kappa shape index (κ1) is 9.95. The van der Waals surface area contributed by atoms with Gasteiger partial charge in [-0.05, 0) is 30.7 Å². The molecule has 0 saturated heterocycles. The lowest BCUT2D eigenvalue weighted by atomic mass is 10.3. The summed E-state index contributed by atoms with van der Waals surface area (Å²) in [6, 6.07) is 7.65. The van der Waals surface area contributed by atoms with E-state index in [-0.39, 0.29) is 0 Å². The molecule has 2 heteroatoms. The maximum absolute atomic E-state index is 5.74. The van der Waals surface area contributed by atoms with Crippen molar-refractivity contribution in [1.82, 2.24) is 0 Å². The number of anilines is 1. The van der Waals surface area contributed by atoms with E-state index in [2.05, 4.69) is 11.2 Å². The fraction of sp³-hybridized carbons (Fsp3) is 0.273. The number of nitrogens with one attached hydrogen (secondary N) is 1. The van der Waals surface area contributed by atoms with Gasteiger partial charge in [-0.1, -0.05) is 11.6 Å². The number of hydrogen-bond donors (Lipinski definition) is 1. The zero-order valence-corrected chi connectivity index (χ0v) is 8.14. The monoisotopic (exact) mass is 193 g/mol. The average Bonchev–Trinajstić information content (AvgIpc) is 2.15. The molecule has 0 aliphatic heterocycles. The highest BCUT2D eigenvalue weighted by Crippen LogP contribution is 2.13. The minimum Gasteiger partial charge on any atom is -0.385 e. The van der Waals surface area contributed by atoms with E-state index in [1.54, 1.807) is 0 Å². The predicted octanol–water partition coefficient (Wildman–Crippen LogP) is 3.17. The number of halogens is 1. The average molecular weight is 194 g/mol. The van der Waals surface area contributed by atoms with Crippen LogP contribution in [0.15, 0.2) is 24.3 Å². The first-order valence-electron chi connectivity index (χ1n) is 4.26. The van der Waals surface area contributed by atoms with Gasteiger partial charge in [0.05, 0.1) is 0 Å². The summed E-state index contributed by atoms with van der Waals surface area (Å²) in [6.45, 7) is 0.909. The summed E-state index contributed by atoms with van der Waals surface area (Å²) < 4.78 is 0. The summed E-state index contributed by atoms with van der Waals surface area (Å²) in [5, 5.41) is 4.01. The van der Waals surface area contributed by atoms with Gasteiger partial charge >= 0.3 is 0 Å². The second kappa shape index (κ2) is 5.50. The van der Waals surface area contributed by atoms with Crippen molar-refractivity contribution in [2.45, 2.75) is 12.8 Å². The molecule has 0 fully saturated rings. The van der Waals surface area contributed by atoms with Gasteiger partial charge in [0.15, 0.2) is 0 Å². The van der Waals surface area contributed by atoms with Gasteiger partial charge in [0, 0.05) is 23.7 Å². The van der Waals surface area contributed by atoms with E-state index in [0.29, 0.717) is 0 Å². The maximum atomic E-state index is 5.74. The molecule has 13 heavy (non-hydrogen) atoms. The third-order valence-corrected chi connectivity index (χ3v) is 1.92. The van der Waals surface area contributed by atoms with Gasteiger partial charge in [-0.3, -0.25) is 0 Å². The van der Waals surface area contributed by atoms with Crippen molar-refractivity contribution in [2.75, 3.05) is 11.9 Å². The Balaban J connectivity index is 2.30. The molecule has 1 nitrogen and oxygen atoms in total. The third-order valence-electron chi connectivity index (χ3n) is 1.67. The first-order valence-corrected chi connectivity index (χ1v) is 4.63. The summed E-state index contributed by atoms with van der Waals surface area (Å²) in [7, 11) is 0. The lowest BCUT2D eigenvalue weighted by Gasteiger charge is -2.04. The van der Waals surface area contributed by atoms with E-state index in [9.17, 15) is 0 Å². The van der Waals surface area contributed by atoms with E-state index >= 15 is 0 Å². The second-order valence-electron chi connectivity index (χ2n) is 2.74. The van der Waals surface area contributed by atoms with E-state index < -0.39 is 0 Å². The lowest BCUT2D eigenvalue weighted by Crippen LogP contribution is -2.00. The topological polar surface area (TPSA) is 12.0 Å². The van der Waals surface area contributed by atoms with Crippen molar-refractivity contribution in [3.8, 4) is 12.3 Å². The molecule has 1 aromatic carbocycles. The molecular weight excluding hydrogens is 182 g/mol. The Kier molecular flexibility index (Phi) is 4.21. The Hall–Kier alpha value is -1.13. The molecule has 0 radical (unpaired) electrons. The highest BCUT2D eigenvalue weighted by atomic mass is 35.5. The zero-order chi connectivity index (χ0) is 9.52. The number of terminal acetylenes is 1. The van der Waals surface area contributed by atoms with Crippen LogP contribution in [0.2, 0.25) is 5.02 Å². The predicted molar refractivity (Wildman–Crippen MR) is 58.0 cm³/mol. The van der Waals surface area contributed by atoms with Crippen LogP contribution in [-0.2, 0) is 0 Å². The van der Waals surface area contributed by atoms with E-state index in [1.165, 1.54) is 0 Å². The largest absolute Gasteiger partial charge is 0.385 e. The molecule has 0 atom stereocenters. The molecule has 1 aromatic rings. The minimum absolute atomic E-state index is 0.758. The summed E-state index contributed by atoms with van der Waals surface area (Å²) in [5.41, 5.74) is 1.08. The quantitative estimate of drug-likeness (QED) is 0.572. The molecule has 0 amide bonds. The van der Waals surface area contributed by atoms with Crippen LogP contribution >= 0.6 is 11.6 Å². The minimum atomic E-state index is 0.758. The van der Waals surface area contributed by atoms with Crippen molar-refractivity contribution >= 4 is 17.3 Å². The molecule has 0 bridgehead atoms. The van der Waals surface area contributed by atoms with E-state index in [1.807, 2.05) is 24.3 Å². The van der Waals surface area contributed by atoms with Gasteiger partial charge in [0.1, 0.15) is 0 Å². The van der Waals surface area contributed by atoms with E-state index in [4.69, 9.17) is 18.0 Å². The molecule has 0 saturated carbocycles. The van der Waals surface area contributed by atoms with Crippen molar-refractivity contribution in [2.24, 2.45) is 0 Å². The standard InChI is InChI=1S/C11H12ClN/c1-2-3-4-9-13-11-7-5-10(12)6-8-11/h1,5-8,13H,3-4,9H2. The molecule has 0 aliphatic carbocycles. The number of rotatable bonds is 4. The first-order chi connectivity index (χ1) is 6.33. The molecule has 1 rings (SSSR count). The Labute approximate surface area is 84.1 Å². The van der Waals surface area contributed by atoms with Crippen molar-refractivity contribution in [3.05, 3.63) is 29.3 Å². The molecule has 1 N–H and O–H groups in total. The Morgan fingerprint density at radius 1 is 1.31 bits per heavy atom. The molecule has 0 unspecified atom stereocenters. The van der Waals surface area contributed by atoms with Crippen LogP contribution in [0.25, 0.3) is 0 Å². The fourth-order valence-corrected chi connectivity index (χ4v) is 1.12. The Morgan fingerprint density at radius 3 is 2.62 bits per heavy atom. The van der Waals surface area contributed by atoms with Crippen molar-refractivity contribution in [3.63, 3.8) is 0 Å². The van der Waals surface area contributed by atoms with Gasteiger partial charge < -0.3 is 5.32 Å². The van der Waals surface area contributed by atoms with Gasteiger partial charge in [0.25, 0.3) is 0 Å². The van der Waals surface area contributed by atoms with Crippen molar-refractivity contribution in [1.29, 1.82) is 0 Å². The normalized spacial score (nSPS) is 9.23. The Morgan fingerprint density at radius 2 is 2.00 bits per heavy atom. The maximum Gasteiger partial charge on any atom is 0.0407 e. The fourth-order valence-electron chi connectivity index (χ4n) is 0.991. The van der Waals surface area contributed by atoms with Crippen LogP contribution < -0.4 is 5.32 Å². The lowest BCUT2D eigenvalue weighted by molar-refractivity contribution is 0.907. The number of benzene rings is 1. The van der Waals surface area contributed by atoms with Gasteiger partial charge in [-0.15, -0.1) is 12.3 Å². The molecule has 68 valence electrons. The van der Waals surface area contributed by atoms with E-state index in [0.717, 1.165) is 30.1 Å². The summed E-state index contributed by atoms with van der Waals surface area (Å²) in [6.07, 6.45) is 6.95. The summed E-state index contributed by atoms with van der Waals surface area (Å²) in [4.78, 5) is 0. The number of hydrogen-bond acceptors (Lipinski definition) is 1. The smallest absolute Gasteiger partial charge is 0.0407 e. The highest BCUT2D eigenvalue weighted by Gasteiger charge is 1.90.